The maximum Gasteiger partial charge on any atom is 0.189 e. The van der Waals surface area contributed by atoms with Crippen LogP contribution in [0.5, 0.6) is 0 Å². The molecule has 0 bridgehead atoms. The second kappa shape index (κ2) is 6.35. The number of thiophene rings is 1. The van der Waals surface area contributed by atoms with Gasteiger partial charge in [0, 0.05) is 13.1 Å². The number of likely N-dealkylation sites (N-methyl/N-ethyl adjacent to an activating group) is 2. The van der Waals surface area contributed by atoms with Crippen molar-refractivity contribution in [1.82, 2.24) is 10.2 Å². The number of hydrogen-bond acceptors (Lipinski definition) is 4. The lowest BCUT2D eigenvalue weighted by molar-refractivity contribution is 0.0874. The largest absolute Gasteiger partial charge is 0.318 e. The Kier molecular flexibility index (Phi) is 5.41. The van der Waals surface area contributed by atoms with Crippen LogP contribution in [0, 0.1) is 0 Å². The van der Waals surface area contributed by atoms with Crippen molar-refractivity contribution in [3.8, 4) is 0 Å². The van der Waals surface area contributed by atoms with Gasteiger partial charge in [-0.25, -0.2) is 0 Å². The van der Waals surface area contributed by atoms with Crippen molar-refractivity contribution in [2.45, 2.75) is 13.0 Å². The molecular formula is C11H17ClN2OS. The molecule has 0 aliphatic rings. The molecule has 0 radical (unpaired) electrons. The Morgan fingerprint density at radius 2 is 2.31 bits per heavy atom. The summed E-state index contributed by atoms with van der Waals surface area (Å²) in [5, 5.41) is 3.06. The number of nitrogens with zero attached hydrogens (tertiary/aromatic N) is 1. The van der Waals surface area contributed by atoms with Gasteiger partial charge in [-0.05, 0) is 33.2 Å². The molecule has 0 saturated heterocycles. The molecule has 1 aromatic rings. The molecule has 1 N–H and O–H groups in total. The quantitative estimate of drug-likeness (QED) is 0.796. The molecule has 1 atom stereocenters. The van der Waals surface area contributed by atoms with Crippen molar-refractivity contribution in [1.29, 1.82) is 0 Å². The van der Waals surface area contributed by atoms with E-state index in [1.807, 2.05) is 25.9 Å². The van der Waals surface area contributed by atoms with E-state index < -0.39 is 0 Å². The number of Topliss-reactive ketones (excluding diaryl/α,β-unsaturated/α-hetero) is 1. The maximum absolute atomic E-state index is 12.1. The SMILES string of the molecule is CNCCN(C)C(C)C(=O)c1ccc(Cl)s1. The number of carbonyl (C=O) groups excluding carboxylic acids is 1. The Hall–Kier alpha value is -0.420. The number of carbonyl (C=O) groups is 1. The van der Waals surface area contributed by atoms with Gasteiger partial charge in [0.2, 0.25) is 0 Å². The molecule has 5 heteroatoms. The molecule has 0 spiro atoms. The number of halogens is 1. The fourth-order valence-electron chi connectivity index (χ4n) is 1.33. The number of ketones is 1. The molecule has 0 fully saturated rings. The van der Waals surface area contributed by atoms with Gasteiger partial charge in [0.05, 0.1) is 15.3 Å². The molecule has 16 heavy (non-hydrogen) atoms. The van der Waals surface area contributed by atoms with Crippen molar-refractivity contribution < 1.29 is 4.79 Å². The summed E-state index contributed by atoms with van der Waals surface area (Å²) >= 11 is 7.15. The van der Waals surface area contributed by atoms with Crippen molar-refractivity contribution in [2.75, 3.05) is 27.2 Å². The predicted octanol–water partition coefficient (Wildman–Crippen LogP) is 2.12. The van der Waals surface area contributed by atoms with Crippen molar-refractivity contribution >= 4 is 28.7 Å². The Bertz CT molecular complexity index is 354. The lowest BCUT2D eigenvalue weighted by Crippen LogP contribution is -2.39. The summed E-state index contributed by atoms with van der Waals surface area (Å²) in [5.41, 5.74) is 0. The summed E-state index contributed by atoms with van der Waals surface area (Å²) in [7, 11) is 3.86. The second-order valence-electron chi connectivity index (χ2n) is 3.73. The van der Waals surface area contributed by atoms with E-state index in [-0.39, 0.29) is 11.8 Å². The van der Waals surface area contributed by atoms with Gasteiger partial charge >= 0.3 is 0 Å². The molecule has 0 aliphatic heterocycles. The maximum atomic E-state index is 12.1. The molecule has 1 rings (SSSR count). The highest BCUT2D eigenvalue weighted by atomic mass is 35.5. The number of hydrogen-bond donors (Lipinski definition) is 1. The highest BCUT2D eigenvalue weighted by molar-refractivity contribution is 7.18. The van der Waals surface area contributed by atoms with Crippen LogP contribution in [0.1, 0.15) is 16.6 Å². The smallest absolute Gasteiger partial charge is 0.189 e. The Balaban J connectivity index is 2.59. The minimum atomic E-state index is -0.108. The van der Waals surface area contributed by atoms with Gasteiger partial charge in [-0.2, -0.15) is 0 Å². The van der Waals surface area contributed by atoms with Gasteiger partial charge < -0.3 is 5.32 Å². The predicted molar refractivity (Wildman–Crippen MR) is 69.7 cm³/mol. The van der Waals surface area contributed by atoms with Crippen LogP contribution in [0.2, 0.25) is 4.34 Å². The summed E-state index contributed by atoms with van der Waals surface area (Å²) in [6, 6.07) is 3.44. The summed E-state index contributed by atoms with van der Waals surface area (Å²) in [6.45, 7) is 3.65. The van der Waals surface area contributed by atoms with Gasteiger partial charge in [0.1, 0.15) is 0 Å². The van der Waals surface area contributed by atoms with Crippen LogP contribution in [-0.2, 0) is 0 Å². The minimum absolute atomic E-state index is 0.108. The van der Waals surface area contributed by atoms with Crippen molar-refractivity contribution in [2.24, 2.45) is 0 Å². The average molecular weight is 261 g/mol. The minimum Gasteiger partial charge on any atom is -0.318 e. The standard InChI is InChI=1S/C11H17ClN2OS/c1-8(14(3)7-6-13-2)11(15)9-4-5-10(12)16-9/h4-5,8,13H,6-7H2,1-3H3. The van der Waals surface area contributed by atoms with Gasteiger partial charge in [0.15, 0.2) is 5.78 Å². The molecule has 90 valence electrons. The highest BCUT2D eigenvalue weighted by Gasteiger charge is 2.20. The van der Waals surface area contributed by atoms with E-state index in [9.17, 15) is 4.79 Å². The van der Waals surface area contributed by atoms with Crippen LogP contribution < -0.4 is 5.32 Å². The van der Waals surface area contributed by atoms with Crippen LogP contribution >= 0.6 is 22.9 Å². The Morgan fingerprint density at radius 1 is 1.62 bits per heavy atom. The van der Waals surface area contributed by atoms with Crippen LogP contribution in [0.15, 0.2) is 12.1 Å². The lowest BCUT2D eigenvalue weighted by atomic mass is 10.1. The Labute approximate surface area is 105 Å². The summed E-state index contributed by atoms with van der Waals surface area (Å²) in [4.78, 5) is 14.8. The van der Waals surface area contributed by atoms with Crippen LogP contribution in [0.4, 0.5) is 0 Å². The molecule has 0 aliphatic carbocycles. The normalized spacial score (nSPS) is 13.1. The zero-order valence-electron chi connectivity index (χ0n) is 9.79. The monoisotopic (exact) mass is 260 g/mol. The van der Waals surface area contributed by atoms with E-state index >= 15 is 0 Å². The van der Waals surface area contributed by atoms with Crippen LogP contribution in [0.25, 0.3) is 0 Å². The van der Waals surface area contributed by atoms with Gasteiger partial charge in [-0.1, -0.05) is 11.6 Å². The summed E-state index contributed by atoms with van der Waals surface area (Å²) in [6.07, 6.45) is 0. The van der Waals surface area contributed by atoms with Crippen LogP contribution in [0.3, 0.4) is 0 Å². The van der Waals surface area contributed by atoms with E-state index in [0.717, 1.165) is 18.0 Å². The van der Waals surface area contributed by atoms with Crippen molar-refractivity contribution in [3.05, 3.63) is 21.3 Å². The third-order valence-electron chi connectivity index (χ3n) is 2.57. The van der Waals surface area contributed by atoms with E-state index in [1.165, 1.54) is 11.3 Å². The molecule has 1 heterocycles. The Morgan fingerprint density at radius 3 is 2.81 bits per heavy atom. The third kappa shape index (κ3) is 3.56. The average Bonchev–Trinajstić information content (AvgIpc) is 2.70. The first kappa shape index (κ1) is 13.6. The van der Waals surface area contributed by atoms with Gasteiger partial charge in [-0.15, -0.1) is 11.3 Å². The first-order valence-corrected chi connectivity index (χ1v) is 6.40. The van der Waals surface area contributed by atoms with Crippen molar-refractivity contribution in [3.63, 3.8) is 0 Å². The molecule has 0 aromatic carbocycles. The molecule has 0 amide bonds. The second-order valence-corrected chi connectivity index (χ2v) is 5.44. The number of rotatable bonds is 6. The molecule has 0 saturated carbocycles. The fourth-order valence-corrected chi connectivity index (χ4v) is 2.40. The topological polar surface area (TPSA) is 32.3 Å². The summed E-state index contributed by atoms with van der Waals surface area (Å²) < 4.78 is 0.661. The van der Waals surface area contributed by atoms with E-state index in [4.69, 9.17) is 11.6 Å². The number of nitrogens with one attached hydrogen (secondary N) is 1. The lowest BCUT2D eigenvalue weighted by Gasteiger charge is -2.22. The van der Waals surface area contributed by atoms with Gasteiger partial charge in [-0.3, -0.25) is 9.69 Å². The van der Waals surface area contributed by atoms with E-state index in [0.29, 0.717) is 4.34 Å². The highest BCUT2D eigenvalue weighted by Crippen LogP contribution is 2.23. The zero-order chi connectivity index (χ0) is 12.1. The first-order chi connectivity index (χ1) is 7.56. The van der Waals surface area contributed by atoms with E-state index in [1.54, 1.807) is 12.1 Å². The van der Waals surface area contributed by atoms with Gasteiger partial charge in [0.25, 0.3) is 0 Å². The molecule has 1 unspecified atom stereocenters. The third-order valence-corrected chi connectivity index (χ3v) is 3.82. The zero-order valence-corrected chi connectivity index (χ0v) is 11.4. The van der Waals surface area contributed by atoms with E-state index in [2.05, 4.69) is 5.32 Å². The molecule has 3 nitrogen and oxygen atoms in total. The molecular weight excluding hydrogens is 244 g/mol. The van der Waals surface area contributed by atoms with Crippen LogP contribution in [-0.4, -0.2) is 43.9 Å². The summed E-state index contributed by atoms with van der Waals surface area (Å²) in [5.74, 6) is 0.135. The fraction of sp³-hybridized carbons (Fsp3) is 0.545. The molecule has 1 aromatic heterocycles. The first-order valence-electron chi connectivity index (χ1n) is 5.20.